The SMILES string of the molecule is CCCCC(Cc1ccccn1)NCC. The third-order valence-electron chi connectivity index (χ3n) is 2.58. The number of likely N-dealkylation sites (N-methyl/N-ethyl adjacent to an activating group) is 1. The van der Waals surface area contributed by atoms with Crippen molar-refractivity contribution in [1.29, 1.82) is 0 Å². The van der Waals surface area contributed by atoms with Gasteiger partial charge in [0.2, 0.25) is 0 Å². The molecule has 0 aliphatic carbocycles. The molecular weight excluding hydrogens is 184 g/mol. The van der Waals surface area contributed by atoms with Crippen LogP contribution in [0.3, 0.4) is 0 Å². The van der Waals surface area contributed by atoms with Crippen molar-refractivity contribution < 1.29 is 0 Å². The van der Waals surface area contributed by atoms with Gasteiger partial charge in [-0.05, 0) is 25.1 Å². The fraction of sp³-hybridized carbons (Fsp3) is 0.615. The van der Waals surface area contributed by atoms with Gasteiger partial charge in [-0.2, -0.15) is 0 Å². The lowest BCUT2D eigenvalue weighted by Gasteiger charge is -2.16. The van der Waals surface area contributed by atoms with Crippen molar-refractivity contribution >= 4 is 0 Å². The Morgan fingerprint density at radius 2 is 2.20 bits per heavy atom. The summed E-state index contributed by atoms with van der Waals surface area (Å²) in [5.41, 5.74) is 1.19. The second-order valence-electron chi connectivity index (χ2n) is 3.92. The van der Waals surface area contributed by atoms with Gasteiger partial charge >= 0.3 is 0 Å². The van der Waals surface area contributed by atoms with E-state index in [1.54, 1.807) is 0 Å². The second-order valence-corrected chi connectivity index (χ2v) is 3.92. The zero-order valence-electron chi connectivity index (χ0n) is 9.87. The third-order valence-corrected chi connectivity index (χ3v) is 2.58. The first kappa shape index (κ1) is 12.2. The van der Waals surface area contributed by atoms with E-state index in [2.05, 4.69) is 36.3 Å². The van der Waals surface area contributed by atoms with Crippen LogP contribution >= 0.6 is 0 Å². The predicted octanol–water partition coefficient (Wildman–Crippen LogP) is 2.79. The molecule has 0 spiro atoms. The fourth-order valence-electron chi connectivity index (χ4n) is 1.79. The molecule has 0 radical (unpaired) electrons. The maximum Gasteiger partial charge on any atom is 0.0419 e. The first-order chi connectivity index (χ1) is 7.36. The molecule has 1 rings (SSSR count). The largest absolute Gasteiger partial charge is 0.314 e. The summed E-state index contributed by atoms with van der Waals surface area (Å²) in [7, 11) is 0. The predicted molar refractivity (Wildman–Crippen MR) is 64.9 cm³/mol. The van der Waals surface area contributed by atoms with E-state index < -0.39 is 0 Å². The summed E-state index contributed by atoms with van der Waals surface area (Å²) < 4.78 is 0. The zero-order valence-corrected chi connectivity index (χ0v) is 9.87. The molecule has 2 nitrogen and oxygen atoms in total. The average molecular weight is 206 g/mol. The third kappa shape index (κ3) is 4.93. The normalized spacial score (nSPS) is 12.7. The van der Waals surface area contributed by atoms with E-state index in [0.717, 1.165) is 13.0 Å². The van der Waals surface area contributed by atoms with Crippen LogP contribution in [-0.4, -0.2) is 17.6 Å². The molecule has 84 valence electrons. The molecule has 0 aliphatic heterocycles. The minimum Gasteiger partial charge on any atom is -0.314 e. The summed E-state index contributed by atoms with van der Waals surface area (Å²) in [6.07, 6.45) is 6.74. The fourth-order valence-corrected chi connectivity index (χ4v) is 1.79. The number of hydrogen-bond acceptors (Lipinski definition) is 2. The van der Waals surface area contributed by atoms with E-state index >= 15 is 0 Å². The average Bonchev–Trinajstić information content (AvgIpc) is 2.28. The van der Waals surface area contributed by atoms with Crippen molar-refractivity contribution in [2.45, 2.75) is 45.6 Å². The van der Waals surface area contributed by atoms with Gasteiger partial charge in [0, 0.05) is 24.4 Å². The Bertz CT molecular complexity index is 246. The molecule has 1 heterocycles. The van der Waals surface area contributed by atoms with E-state index in [9.17, 15) is 0 Å². The van der Waals surface area contributed by atoms with E-state index in [0.29, 0.717) is 6.04 Å². The lowest BCUT2D eigenvalue weighted by Crippen LogP contribution is -2.31. The Balaban J connectivity index is 2.43. The Morgan fingerprint density at radius 3 is 2.80 bits per heavy atom. The number of aromatic nitrogens is 1. The maximum atomic E-state index is 4.37. The van der Waals surface area contributed by atoms with Crippen LogP contribution in [0, 0.1) is 0 Å². The van der Waals surface area contributed by atoms with Crippen LogP contribution in [0.2, 0.25) is 0 Å². The first-order valence-electron chi connectivity index (χ1n) is 6.00. The van der Waals surface area contributed by atoms with Gasteiger partial charge in [0.1, 0.15) is 0 Å². The van der Waals surface area contributed by atoms with Gasteiger partial charge in [-0.15, -0.1) is 0 Å². The van der Waals surface area contributed by atoms with Gasteiger partial charge in [-0.25, -0.2) is 0 Å². The Kier molecular flexibility index (Phi) is 6.02. The van der Waals surface area contributed by atoms with Gasteiger partial charge < -0.3 is 5.32 Å². The first-order valence-corrected chi connectivity index (χ1v) is 6.00. The summed E-state index contributed by atoms with van der Waals surface area (Å²) in [6.45, 7) is 5.45. The van der Waals surface area contributed by atoms with Crippen LogP contribution in [-0.2, 0) is 6.42 Å². The van der Waals surface area contributed by atoms with Crippen molar-refractivity contribution in [1.82, 2.24) is 10.3 Å². The van der Waals surface area contributed by atoms with Crippen LogP contribution in [0.4, 0.5) is 0 Å². The highest BCUT2D eigenvalue weighted by Crippen LogP contribution is 2.06. The molecule has 0 aromatic carbocycles. The zero-order chi connectivity index (χ0) is 10.9. The monoisotopic (exact) mass is 206 g/mol. The molecule has 1 aromatic rings. The van der Waals surface area contributed by atoms with Crippen molar-refractivity contribution in [3.8, 4) is 0 Å². The number of unbranched alkanes of at least 4 members (excludes halogenated alkanes) is 1. The maximum absolute atomic E-state index is 4.37. The molecule has 0 saturated heterocycles. The van der Waals surface area contributed by atoms with Crippen LogP contribution in [0.15, 0.2) is 24.4 Å². The van der Waals surface area contributed by atoms with Gasteiger partial charge in [-0.1, -0.05) is 32.8 Å². The lowest BCUT2D eigenvalue weighted by atomic mass is 10.0. The number of rotatable bonds is 7. The summed E-state index contributed by atoms with van der Waals surface area (Å²) in [6, 6.07) is 6.73. The number of hydrogen-bond donors (Lipinski definition) is 1. The topological polar surface area (TPSA) is 24.9 Å². The van der Waals surface area contributed by atoms with E-state index in [1.807, 2.05) is 12.3 Å². The van der Waals surface area contributed by atoms with Gasteiger partial charge in [0.25, 0.3) is 0 Å². The summed E-state index contributed by atoms with van der Waals surface area (Å²) in [4.78, 5) is 4.37. The lowest BCUT2D eigenvalue weighted by molar-refractivity contribution is 0.470. The van der Waals surface area contributed by atoms with Crippen molar-refractivity contribution in [3.63, 3.8) is 0 Å². The smallest absolute Gasteiger partial charge is 0.0419 e. The molecule has 0 bridgehead atoms. The van der Waals surface area contributed by atoms with Crippen molar-refractivity contribution in [2.24, 2.45) is 0 Å². The molecule has 15 heavy (non-hydrogen) atoms. The number of nitrogens with one attached hydrogen (secondary N) is 1. The highest BCUT2D eigenvalue weighted by atomic mass is 14.9. The minimum atomic E-state index is 0.588. The van der Waals surface area contributed by atoms with Gasteiger partial charge in [-0.3, -0.25) is 4.98 Å². The van der Waals surface area contributed by atoms with Gasteiger partial charge in [0.05, 0.1) is 0 Å². The molecule has 0 saturated carbocycles. The highest BCUT2D eigenvalue weighted by Gasteiger charge is 2.07. The van der Waals surface area contributed by atoms with Gasteiger partial charge in [0.15, 0.2) is 0 Å². The molecule has 1 unspecified atom stereocenters. The highest BCUT2D eigenvalue weighted by molar-refractivity contribution is 5.05. The van der Waals surface area contributed by atoms with Crippen LogP contribution in [0.25, 0.3) is 0 Å². The Labute approximate surface area is 93.1 Å². The molecule has 1 N–H and O–H groups in total. The minimum absolute atomic E-state index is 0.588. The molecule has 0 aliphatic rings. The molecule has 1 atom stereocenters. The molecular formula is C13H22N2. The van der Waals surface area contributed by atoms with Crippen molar-refractivity contribution in [3.05, 3.63) is 30.1 Å². The van der Waals surface area contributed by atoms with Crippen LogP contribution in [0.1, 0.15) is 38.8 Å². The molecule has 0 amide bonds. The van der Waals surface area contributed by atoms with Crippen LogP contribution in [0.5, 0.6) is 0 Å². The standard InChI is InChI=1S/C13H22N2/c1-3-5-8-12(14-4-2)11-13-9-6-7-10-15-13/h6-7,9-10,12,14H,3-5,8,11H2,1-2H3. The quantitative estimate of drug-likeness (QED) is 0.742. The molecule has 2 heteroatoms. The molecule has 1 aromatic heterocycles. The second kappa shape index (κ2) is 7.41. The summed E-state index contributed by atoms with van der Waals surface area (Å²) >= 11 is 0. The summed E-state index contributed by atoms with van der Waals surface area (Å²) in [5, 5.41) is 3.53. The summed E-state index contributed by atoms with van der Waals surface area (Å²) in [5.74, 6) is 0. The van der Waals surface area contributed by atoms with Crippen molar-refractivity contribution in [2.75, 3.05) is 6.54 Å². The Morgan fingerprint density at radius 1 is 1.33 bits per heavy atom. The number of nitrogens with zero attached hydrogens (tertiary/aromatic N) is 1. The Hall–Kier alpha value is -0.890. The van der Waals surface area contributed by atoms with E-state index in [-0.39, 0.29) is 0 Å². The van der Waals surface area contributed by atoms with E-state index in [4.69, 9.17) is 0 Å². The number of pyridine rings is 1. The molecule has 0 fully saturated rings. The van der Waals surface area contributed by atoms with E-state index in [1.165, 1.54) is 25.0 Å². The van der Waals surface area contributed by atoms with Crippen LogP contribution < -0.4 is 5.32 Å².